The summed E-state index contributed by atoms with van der Waals surface area (Å²) < 4.78 is 0. The summed E-state index contributed by atoms with van der Waals surface area (Å²) >= 11 is 0. The Morgan fingerprint density at radius 3 is 2.15 bits per heavy atom. The molecule has 4 heteroatoms. The van der Waals surface area contributed by atoms with Crippen LogP contribution in [0, 0.1) is 5.92 Å². The molecule has 13 heavy (non-hydrogen) atoms. The second kappa shape index (κ2) is 4.46. The van der Waals surface area contributed by atoms with Crippen LogP contribution < -0.4 is 5.32 Å². The molecule has 1 atom stereocenters. The number of carboxylic acid groups (broad SMARTS) is 1. The molecule has 0 aromatic heterocycles. The largest absolute Gasteiger partial charge is 0.465 e. The first kappa shape index (κ1) is 12.2. The average Bonchev–Trinajstić information content (AvgIpc) is 1.81. The number of hydrogen-bond acceptors (Lipinski definition) is 2. The van der Waals surface area contributed by atoms with Crippen molar-refractivity contribution >= 4 is 6.09 Å². The van der Waals surface area contributed by atoms with E-state index in [1.165, 1.54) is 0 Å². The number of amides is 1. The number of rotatable bonds is 4. The Labute approximate surface area is 79.0 Å². The molecule has 0 radical (unpaired) electrons. The van der Waals surface area contributed by atoms with Gasteiger partial charge in [0, 0.05) is 6.04 Å². The Morgan fingerprint density at radius 1 is 1.46 bits per heavy atom. The molecule has 0 saturated heterocycles. The SMILES string of the molecule is CC(C)C(CC(C)(C)O)NC(=O)O. The van der Waals surface area contributed by atoms with Crippen LogP contribution in [0.25, 0.3) is 0 Å². The molecule has 0 saturated carbocycles. The van der Waals surface area contributed by atoms with Crippen molar-refractivity contribution in [1.29, 1.82) is 0 Å². The summed E-state index contributed by atoms with van der Waals surface area (Å²) in [5.41, 5.74) is -0.836. The minimum Gasteiger partial charge on any atom is -0.465 e. The molecule has 0 aliphatic rings. The van der Waals surface area contributed by atoms with Crippen LogP contribution in [0.5, 0.6) is 0 Å². The van der Waals surface area contributed by atoms with Crippen LogP contribution in [-0.4, -0.2) is 27.9 Å². The van der Waals surface area contributed by atoms with Crippen LogP contribution in [-0.2, 0) is 0 Å². The summed E-state index contributed by atoms with van der Waals surface area (Å²) in [5, 5.41) is 20.4. The topological polar surface area (TPSA) is 69.6 Å². The monoisotopic (exact) mass is 189 g/mol. The molecule has 3 N–H and O–H groups in total. The van der Waals surface area contributed by atoms with Gasteiger partial charge in [-0.05, 0) is 26.2 Å². The van der Waals surface area contributed by atoms with E-state index in [9.17, 15) is 9.90 Å². The number of aliphatic hydroxyl groups is 1. The highest BCUT2D eigenvalue weighted by Crippen LogP contribution is 2.16. The highest BCUT2D eigenvalue weighted by atomic mass is 16.4. The number of hydrogen-bond donors (Lipinski definition) is 3. The summed E-state index contributed by atoms with van der Waals surface area (Å²) in [4.78, 5) is 10.4. The lowest BCUT2D eigenvalue weighted by Gasteiger charge is -2.27. The van der Waals surface area contributed by atoms with Gasteiger partial charge in [0.1, 0.15) is 0 Å². The van der Waals surface area contributed by atoms with Crippen molar-refractivity contribution in [3.05, 3.63) is 0 Å². The predicted molar refractivity (Wildman–Crippen MR) is 50.7 cm³/mol. The Hall–Kier alpha value is -0.770. The molecule has 0 fully saturated rings. The summed E-state index contributed by atoms with van der Waals surface area (Å²) in [6.07, 6.45) is -0.611. The van der Waals surface area contributed by atoms with Crippen LogP contribution in [0.15, 0.2) is 0 Å². The van der Waals surface area contributed by atoms with E-state index in [0.717, 1.165) is 0 Å². The first-order valence-electron chi connectivity index (χ1n) is 4.44. The standard InChI is InChI=1S/C9H19NO3/c1-6(2)7(10-8(11)12)5-9(3,4)13/h6-7,10,13H,5H2,1-4H3,(H,11,12). The molecule has 0 aliphatic heterocycles. The average molecular weight is 189 g/mol. The fourth-order valence-corrected chi connectivity index (χ4v) is 1.15. The smallest absolute Gasteiger partial charge is 0.404 e. The van der Waals surface area contributed by atoms with Gasteiger partial charge in [0.15, 0.2) is 0 Å². The van der Waals surface area contributed by atoms with Gasteiger partial charge in [0.2, 0.25) is 0 Å². The van der Waals surface area contributed by atoms with E-state index in [1.54, 1.807) is 13.8 Å². The maximum atomic E-state index is 10.4. The molecule has 0 aromatic carbocycles. The quantitative estimate of drug-likeness (QED) is 0.626. The zero-order chi connectivity index (χ0) is 10.6. The molecule has 0 bridgehead atoms. The van der Waals surface area contributed by atoms with Crippen LogP contribution in [0.4, 0.5) is 4.79 Å². The van der Waals surface area contributed by atoms with Gasteiger partial charge >= 0.3 is 6.09 Å². The Kier molecular flexibility index (Phi) is 4.20. The van der Waals surface area contributed by atoms with E-state index in [0.29, 0.717) is 6.42 Å². The number of carbonyl (C=O) groups is 1. The minimum absolute atomic E-state index is 0.183. The van der Waals surface area contributed by atoms with Crippen LogP contribution >= 0.6 is 0 Å². The molecular weight excluding hydrogens is 170 g/mol. The molecule has 1 amide bonds. The first-order chi connectivity index (χ1) is 5.72. The second-order valence-corrected chi connectivity index (χ2v) is 4.32. The van der Waals surface area contributed by atoms with Crippen molar-refractivity contribution in [3.63, 3.8) is 0 Å². The Morgan fingerprint density at radius 2 is 1.92 bits per heavy atom. The van der Waals surface area contributed by atoms with Gasteiger partial charge in [0.25, 0.3) is 0 Å². The zero-order valence-corrected chi connectivity index (χ0v) is 8.66. The lowest BCUT2D eigenvalue weighted by atomic mass is 9.92. The van der Waals surface area contributed by atoms with Gasteiger partial charge in [-0.15, -0.1) is 0 Å². The molecule has 78 valence electrons. The summed E-state index contributed by atoms with van der Waals surface area (Å²) in [5.74, 6) is 0.183. The van der Waals surface area contributed by atoms with Crippen molar-refractivity contribution in [3.8, 4) is 0 Å². The third-order valence-corrected chi connectivity index (χ3v) is 1.83. The maximum absolute atomic E-state index is 10.4. The summed E-state index contributed by atoms with van der Waals surface area (Å²) in [6.45, 7) is 7.19. The van der Waals surface area contributed by atoms with Crippen molar-refractivity contribution in [2.45, 2.75) is 45.8 Å². The maximum Gasteiger partial charge on any atom is 0.404 e. The molecule has 0 heterocycles. The van der Waals surface area contributed by atoms with Gasteiger partial charge in [-0.25, -0.2) is 4.79 Å². The highest BCUT2D eigenvalue weighted by molar-refractivity contribution is 5.64. The van der Waals surface area contributed by atoms with Crippen molar-refractivity contribution in [2.24, 2.45) is 5.92 Å². The Bertz CT molecular complexity index is 172. The molecule has 0 aromatic rings. The van der Waals surface area contributed by atoms with Crippen LogP contribution in [0.1, 0.15) is 34.1 Å². The van der Waals surface area contributed by atoms with Gasteiger partial charge in [-0.3, -0.25) is 0 Å². The van der Waals surface area contributed by atoms with Gasteiger partial charge < -0.3 is 15.5 Å². The van der Waals surface area contributed by atoms with Gasteiger partial charge in [0.05, 0.1) is 5.60 Å². The molecular formula is C9H19NO3. The number of nitrogens with one attached hydrogen (secondary N) is 1. The molecule has 0 spiro atoms. The summed E-state index contributed by atoms with van der Waals surface area (Å²) in [6, 6.07) is -0.197. The summed E-state index contributed by atoms with van der Waals surface area (Å²) in [7, 11) is 0. The fourth-order valence-electron chi connectivity index (χ4n) is 1.15. The normalized spacial score (nSPS) is 14.3. The second-order valence-electron chi connectivity index (χ2n) is 4.32. The lowest BCUT2D eigenvalue weighted by Crippen LogP contribution is -2.42. The van der Waals surface area contributed by atoms with E-state index in [2.05, 4.69) is 5.32 Å². The lowest BCUT2D eigenvalue weighted by molar-refractivity contribution is 0.0530. The van der Waals surface area contributed by atoms with Gasteiger partial charge in [-0.2, -0.15) is 0 Å². The Balaban J connectivity index is 4.19. The third-order valence-electron chi connectivity index (χ3n) is 1.83. The third kappa shape index (κ3) is 6.40. The van der Waals surface area contributed by atoms with Crippen molar-refractivity contribution in [1.82, 2.24) is 5.32 Å². The molecule has 0 aliphatic carbocycles. The van der Waals surface area contributed by atoms with E-state index in [1.807, 2.05) is 13.8 Å². The molecule has 1 unspecified atom stereocenters. The van der Waals surface area contributed by atoms with E-state index < -0.39 is 11.7 Å². The molecule has 4 nitrogen and oxygen atoms in total. The van der Waals surface area contributed by atoms with Gasteiger partial charge in [-0.1, -0.05) is 13.8 Å². The highest BCUT2D eigenvalue weighted by Gasteiger charge is 2.23. The molecule has 0 rings (SSSR count). The van der Waals surface area contributed by atoms with Crippen molar-refractivity contribution in [2.75, 3.05) is 0 Å². The minimum atomic E-state index is -1.04. The zero-order valence-electron chi connectivity index (χ0n) is 8.66. The first-order valence-corrected chi connectivity index (χ1v) is 4.44. The van der Waals surface area contributed by atoms with E-state index >= 15 is 0 Å². The van der Waals surface area contributed by atoms with E-state index in [-0.39, 0.29) is 12.0 Å². The van der Waals surface area contributed by atoms with Crippen LogP contribution in [0.2, 0.25) is 0 Å². The fraction of sp³-hybridized carbons (Fsp3) is 0.889. The van der Waals surface area contributed by atoms with Crippen molar-refractivity contribution < 1.29 is 15.0 Å². The predicted octanol–water partition coefficient (Wildman–Crippen LogP) is 1.44. The van der Waals surface area contributed by atoms with Crippen LogP contribution in [0.3, 0.4) is 0 Å². The van der Waals surface area contributed by atoms with E-state index in [4.69, 9.17) is 5.11 Å².